The first-order valence-corrected chi connectivity index (χ1v) is 13.4. The van der Waals surface area contributed by atoms with Gasteiger partial charge in [0.15, 0.2) is 0 Å². The average molecular weight is 511 g/mol. The smallest absolute Gasteiger partial charge is 0.249 e. The summed E-state index contributed by atoms with van der Waals surface area (Å²) in [5, 5.41) is 17.6. The third-order valence-corrected chi connectivity index (χ3v) is 7.63. The highest BCUT2D eigenvalue weighted by Crippen LogP contribution is 2.51. The minimum Gasteiger partial charge on any atom is -0.485 e. The molecule has 37 heavy (non-hydrogen) atoms. The molecule has 8 nitrogen and oxygen atoms in total. The molecule has 3 N–H and O–H groups in total. The van der Waals surface area contributed by atoms with Crippen molar-refractivity contribution >= 4 is 5.91 Å². The quantitative estimate of drug-likeness (QED) is 0.375. The molecule has 2 aliphatic rings. The van der Waals surface area contributed by atoms with Gasteiger partial charge < -0.3 is 29.8 Å². The fourth-order valence-corrected chi connectivity index (χ4v) is 5.35. The first-order valence-electron chi connectivity index (χ1n) is 13.4. The van der Waals surface area contributed by atoms with Gasteiger partial charge in [0.05, 0.1) is 24.2 Å². The van der Waals surface area contributed by atoms with E-state index in [-0.39, 0.29) is 17.6 Å². The third-order valence-electron chi connectivity index (χ3n) is 7.63. The number of rotatable bonds is 12. The molecular formula is C29H42N4O4. The van der Waals surface area contributed by atoms with Crippen molar-refractivity contribution in [2.75, 3.05) is 13.7 Å². The number of imidazole rings is 1. The number of amides is 1. The van der Waals surface area contributed by atoms with Crippen LogP contribution in [0.5, 0.6) is 5.75 Å². The van der Waals surface area contributed by atoms with Crippen LogP contribution in [0.15, 0.2) is 43.5 Å². The van der Waals surface area contributed by atoms with E-state index >= 15 is 0 Å². The number of nitrogens with one attached hydrogen (secondary N) is 2. The molecular weight excluding hydrogens is 468 g/mol. The summed E-state index contributed by atoms with van der Waals surface area (Å²) in [6.07, 6.45) is 11.4. The highest BCUT2D eigenvalue weighted by molar-refractivity contribution is 5.80. The normalized spacial score (nSPS) is 20.4. The molecule has 0 unspecified atom stereocenters. The number of ether oxygens (including phenoxy) is 2. The summed E-state index contributed by atoms with van der Waals surface area (Å²) in [5.74, 6) is 1.16. The van der Waals surface area contributed by atoms with Gasteiger partial charge in [0, 0.05) is 44.1 Å². The number of carbonyl (C=O) groups excluding carboxylic acids is 1. The number of aromatic nitrogens is 2. The Morgan fingerprint density at radius 3 is 2.76 bits per heavy atom. The lowest BCUT2D eigenvalue weighted by atomic mass is 9.72. The van der Waals surface area contributed by atoms with Crippen LogP contribution in [0.25, 0.3) is 5.69 Å². The number of hydrogen-bond acceptors (Lipinski definition) is 6. The third kappa shape index (κ3) is 6.25. The van der Waals surface area contributed by atoms with Crippen molar-refractivity contribution in [3.05, 3.63) is 54.6 Å². The molecule has 1 saturated carbocycles. The van der Waals surface area contributed by atoms with Crippen molar-refractivity contribution in [1.29, 1.82) is 0 Å². The Morgan fingerprint density at radius 1 is 1.38 bits per heavy atom. The zero-order valence-corrected chi connectivity index (χ0v) is 22.6. The second-order valence-electron chi connectivity index (χ2n) is 11.0. The van der Waals surface area contributed by atoms with Gasteiger partial charge in [-0.25, -0.2) is 4.98 Å². The predicted molar refractivity (Wildman–Crippen MR) is 144 cm³/mol. The molecule has 1 spiro atoms. The molecule has 0 bridgehead atoms. The fourth-order valence-electron chi connectivity index (χ4n) is 5.35. The summed E-state index contributed by atoms with van der Waals surface area (Å²) >= 11 is 0. The van der Waals surface area contributed by atoms with E-state index in [1.54, 1.807) is 19.2 Å². The van der Waals surface area contributed by atoms with Gasteiger partial charge in [-0.2, -0.15) is 0 Å². The molecule has 1 aromatic carbocycles. The lowest BCUT2D eigenvalue weighted by Crippen LogP contribution is -2.52. The van der Waals surface area contributed by atoms with Crippen molar-refractivity contribution < 1.29 is 19.4 Å². The molecule has 202 valence electrons. The average Bonchev–Trinajstić information content (AvgIpc) is 3.39. The van der Waals surface area contributed by atoms with Crippen molar-refractivity contribution in [3.8, 4) is 11.4 Å². The minimum atomic E-state index is -0.790. The van der Waals surface area contributed by atoms with E-state index in [9.17, 15) is 9.90 Å². The van der Waals surface area contributed by atoms with Crippen molar-refractivity contribution in [1.82, 2.24) is 20.2 Å². The predicted octanol–water partition coefficient (Wildman–Crippen LogP) is 3.86. The summed E-state index contributed by atoms with van der Waals surface area (Å²) in [6.45, 7) is 10.3. The molecule has 4 rings (SSSR count). The minimum absolute atomic E-state index is 0.0195. The topological polar surface area (TPSA) is 97.6 Å². The lowest BCUT2D eigenvalue weighted by Gasteiger charge is -2.49. The molecule has 1 fully saturated rings. The number of nitrogens with zero attached hydrogens (tertiary/aromatic N) is 2. The summed E-state index contributed by atoms with van der Waals surface area (Å²) in [7, 11) is 1.50. The first kappa shape index (κ1) is 27.4. The second kappa shape index (κ2) is 11.8. The zero-order valence-electron chi connectivity index (χ0n) is 22.6. The van der Waals surface area contributed by atoms with E-state index in [0.29, 0.717) is 18.9 Å². The van der Waals surface area contributed by atoms with Gasteiger partial charge in [0.25, 0.3) is 0 Å². The van der Waals surface area contributed by atoms with Crippen LogP contribution in [0.3, 0.4) is 0 Å². The standard InChI is InChI=1S/C29H42N4O4/c1-6-8-23(32-28(35)20(4)36-5)26(34)17-31-24-16-29(9-7-10-29)37-27-22(24)14-21(13-19(2)3)15-25(27)33-12-11-30-18-33/h6,11-12,14-15,18-20,23-24,26,31,34H,1,7-10,13,16-17H2,2-5H3,(H,32,35)/t20-,23+,24+,26-/m1/s1. The molecule has 1 amide bonds. The van der Waals surface area contributed by atoms with Gasteiger partial charge in [0.2, 0.25) is 5.91 Å². The van der Waals surface area contributed by atoms with E-state index < -0.39 is 18.2 Å². The number of carbonyl (C=O) groups is 1. The molecule has 0 radical (unpaired) electrons. The second-order valence-corrected chi connectivity index (χ2v) is 11.0. The molecule has 1 aromatic heterocycles. The van der Waals surface area contributed by atoms with Crippen molar-refractivity contribution in [3.63, 3.8) is 0 Å². The number of methoxy groups -OCH3 is 1. The van der Waals surface area contributed by atoms with E-state index in [4.69, 9.17) is 9.47 Å². The van der Waals surface area contributed by atoms with E-state index in [1.807, 2.05) is 17.1 Å². The van der Waals surface area contributed by atoms with E-state index in [1.165, 1.54) is 12.7 Å². The highest BCUT2D eigenvalue weighted by atomic mass is 16.5. The maximum absolute atomic E-state index is 12.4. The Kier molecular flexibility index (Phi) is 8.72. The van der Waals surface area contributed by atoms with Crippen molar-refractivity contribution in [2.45, 2.75) is 89.2 Å². The van der Waals surface area contributed by atoms with Crippen LogP contribution in [0.4, 0.5) is 0 Å². The number of hydrogen-bond donors (Lipinski definition) is 3. The molecule has 1 aliphatic heterocycles. The maximum atomic E-state index is 12.4. The van der Waals surface area contributed by atoms with E-state index in [2.05, 4.69) is 48.2 Å². The van der Waals surface area contributed by atoms with Gasteiger partial charge in [-0.15, -0.1) is 6.58 Å². The summed E-state index contributed by atoms with van der Waals surface area (Å²) in [5.41, 5.74) is 3.19. The van der Waals surface area contributed by atoms with Gasteiger partial charge in [0.1, 0.15) is 17.5 Å². The number of benzene rings is 1. The monoisotopic (exact) mass is 510 g/mol. The van der Waals surface area contributed by atoms with Gasteiger partial charge in [-0.3, -0.25) is 4.79 Å². The highest BCUT2D eigenvalue weighted by Gasteiger charge is 2.46. The van der Waals surface area contributed by atoms with Crippen molar-refractivity contribution in [2.24, 2.45) is 5.92 Å². The zero-order chi connectivity index (χ0) is 26.6. The summed E-state index contributed by atoms with van der Waals surface area (Å²) in [6, 6.07) is 4.04. The first-order chi connectivity index (χ1) is 17.7. The molecule has 2 aromatic rings. The largest absolute Gasteiger partial charge is 0.485 e. The molecule has 0 saturated heterocycles. The Bertz CT molecular complexity index is 1060. The Labute approximate surface area is 220 Å². The van der Waals surface area contributed by atoms with Gasteiger partial charge in [-0.05, 0) is 56.6 Å². The summed E-state index contributed by atoms with van der Waals surface area (Å²) in [4.78, 5) is 16.7. The molecule has 4 atom stereocenters. The Hall–Kier alpha value is -2.68. The maximum Gasteiger partial charge on any atom is 0.249 e. The Balaban J connectivity index is 1.61. The van der Waals surface area contributed by atoms with E-state index in [0.717, 1.165) is 49.1 Å². The van der Waals surface area contributed by atoms with Crippen LogP contribution >= 0.6 is 0 Å². The van der Waals surface area contributed by atoms with Crippen LogP contribution in [-0.4, -0.2) is 58.1 Å². The van der Waals surface area contributed by atoms with Crippen LogP contribution in [0, 0.1) is 5.92 Å². The van der Waals surface area contributed by atoms with Crippen LogP contribution < -0.4 is 15.4 Å². The molecule has 1 aliphatic carbocycles. The number of aliphatic hydroxyl groups excluding tert-OH is 1. The molecule has 2 heterocycles. The fraction of sp³-hybridized carbons (Fsp3) is 0.586. The number of fused-ring (bicyclic) bond motifs is 1. The van der Waals surface area contributed by atoms with Crippen LogP contribution in [0.2, 0.25) is 0 Å². The molecule has 8 heteroatoms. The van der Waals surface area contributed by atoms with Crippen LogP contribution in [0.1, 0.15) is 70.0 Å². The van der Waals surface area contributed by atoms with Gasteiger partial charge >= 0.3 is 0 Å². The van der Waals surface area contributed by atoms with Gasteiger partial charge in [-0.1, -0.05) is 26.0 Å². The Morgan fingerprint density at radius 2 is 2.16 bits per heavy atom. The van der Waals surface area contributed by atoms with Crippen LogP contribution in [-0.2, 0) is 16.0 Å². The summed E-state index contributed by atoms with van der Waals surface area (Å²) < 4.78 is 13.9. The number of aliphatic hydroxyl groups is 1. The lowest BCUT2D eigenvalue weighted by molar-refractivity contribution is -0.131. The SMILES string of the molecule is C=CC[C@H](NC(=O)[C@@H](C)OC)[C@H](O)CN[C@H]1CC2(CCC2)Oc2c1cc(CC(C)C)cc2-n1ccnc1.